The van der Waals surface area contributed by atoms with E-state index in [4.69, 9.17) is 5.11 Å². The normalized spacial score (nSPS) is 11.4. The largest absolute Gasteiger partial charge is 0.476 e. The fourth-order valence-electron chi connectivity index (χ4n) is 1.43. The number of benzene rings is 1. The number of nitrogens with zero attached hydrogens (tertiary/aromatic N) is 2. The quantitative estimate of drug-likeness (QED) is 0.890. The number of alkyl halides is 2. The molecule has 1 aromatic carbocycles. The van der Waals surface area contributed by atoms with Gasteiger partial charge in [-0.3, -0.25) is 4.57 Å². The molecule has 0 aliphatic carbocycles. The van der Waals surface area contributed by atoms with Crippen molar-refractivity contribution in [1.29, 1.82) is 0 Å². The van der Waals surface area contributed by atoms with Crippen molar-refractivity contribution in [3.63, 3.8) is 0 Å². The molecule has 0 aliphatic heterocycles. The van der Waals surface area contributed by atoms with E-state index in [9.17, 15) is 13.6 Å². The Morgan fingerprint density at radius 2 is 1.94 bits per heavy atom. The van der Waals surface area contributed by atoms with Gasteiger partial charge in [-0.25, -0.2) is 9.78 Å². The predicted molar refractivity (Wildman–Crippen MR) is 55.1 cm³/mol. The molecule has 0 radical (unpaired) electrons. The molecule has 0 bridgehead atoms. The standard InChI is InChI=1S/C11H8F2N2O2/c12-11(13,10(16)17)9-14-6-7-15(9)8-4-2-1-3-5-8/h1-7H,(H,16,17). The van der Waals surface area contributed by atoms with Gasteiger partial charge in [-0.1, -0.05) is 18.2 Å². The molecule has 0 saturated carbocycles. The molecule has 4 nitrogen and oxygen atoms in total. The monoisotopic (exact) mass is 238 g/mol. The molecule has 1 aromatic heterocycles. The zero-order chi connectivity index (χ0) is 12.5. The van der Waals surface area contributed by atoms with Gasteiger partial charge in [-0.2, -0.15) is 8.78 Å². The van der Waals surface area contributed by atoms with Gasteiger partial charge in [0.25, 0.3) is 0 Å². The van der Waals surface area contributed by atoms with Crippen LogP contribution in [0.2, 0.25) is 0 Å². The number of carboxylic acids is 1. The summed E-state index contributed by atoms with van der Waals surface area (Å²) in [6, 6.07) is 8.23. The van der Waals surface area contributed by atoms with Crippen LogP contribution in [0.5, 0.6) is 0 Å². The van der Waals surface area contributed by atoms with Crippen LogP contribution in [-0.4, -0.2) is 20.6 Å². The van der Waals surface area contributed by atoms with E-state index >= 15 is 0 Å². The highest BCUT2D eigenvalue weighted by molar-refractivity contribution is 5.76. The molecule has 6 heteroatoms. The number of aliphatic carboxylic acids is 1. The van der Waals surface area contributed by atoms with Crippen LogP contribution in [0, 0.1) is 0 Å². The Hall–Kier alpha value is -2.24. The molecular weight excluding hydrogens is 230 g/mol. The summed E-state index contributed by atoms with van der Waals surface area (Å²) in [6.07, 6.45) is 2.43. The SMILES string of the molecule is O=C(O)C(F)(F)c1nccn1-c1ccccc1. The first-order valence-electron chi connectivity index (χ1n) is 4.74. The van der Waals surface area contributed by atoms with Gasteiger partial charge in [-0.05, 0) is 12.1 Å². The number of hydrogen-bond acceptors (Lipinski definition) is 2. The summed E-state index contributed by atoms with van der Waals surface area (Å²) in [7, 11) is 0. The Labute approximate surface area is 95.1 Å². The first-order valence-corrected chi connectivity index (χ1v) is 4.74. The molecule has 0 aliphatic rings. The highest BCUT2D eigenvalue weighted by Crippen LogP contribution is 2.28. The fourth-order valence-corrected chi connectivity index (χ4v) is 1.43. The van der Waals surface area contributed by atoms with Gasteiger partial charge in [0.15, 0.2) is 5.82 Å². The summed E-state index contributed by atoms with van der Waals surface area (Å²) in [5.74, 6) is -7.05. The third-order valence-corrected chi connectivity index (χ3v) is 2.22. The maximum absolute atomic E-state index is 13.4. The third-order valence-electron chi connectivity index (χ3n) is 2.22. The van der Waals surface area contributed by atoms with E-state index < -0.39 is 17.7 Å². The molecule has 2 aromatic rings. The Balaban J connectivity index is 2.53. The molecule has 17 heavy (non-hydrogen) atoms. The third kappa shape index (κ3) is 1.89. The van der Waals surface area contributed by atoms with Crippen molar-refractivity contribution in [2.75, 3.05) is 0 Å². The Morgan fingerprint density at radius 1 is 1.29 bits per heavy atom. The molecule has 0 amide bonds. The average Bonchev–Trinajstić information content (AvgIpc) is 2.79. The zero-order valence-electron chi connectivity index (χ0n) is 8.55. The van der Waals surface area contributed by atoms with E-state index in [2.05, 4.69) is 4.98 Å². The average molecular weight is 238 g/mol. The van der Waals surface area contributed by atoms with Gasteiger partial charge < -0.3 is 5.11 Å². The number of hydrogen-bond donors (Lipinski definition) is 1. The Morgan fingerprint density at radius 3 is 2.53 bits per heavy atom. The molecule has 0 spiro atoms. The highest BCUT2D eigenvalue weighted by atomic mass is 19.3. The van der Waals surface area contributed by atoms with Crippen molar-refractivity contribution in [1.82, 2.24) is 9.55 Å². The van der Waals surface area contributed by atoms with Crippen molar-refractivity contribution < 1.29 is 18.7 Å². The van der Waals surface area contributed by atoms with Crippen LogP contribution in [0.1, 0.15) is 5.82 Å². The Kier molecular flexibility index (Phi) is 2.63. The van der Waals surface area contributed by atoms with Crippen LogP contribution >= 0.6 is 0 Å². The van der Waals surface area contributed by atoms with Crippen molar-refractivity contribution in [3.8, 4) is 5.69 Å². The lowest BCUT2D eigenvalue weighted by Crippen LogP contribution is -2.29. The zero-order valence-corrected chi connectivity index (χ0v) is 8.55. The first-order chi connectivity index (χ1) is 8.03. The smallest absolute Gasteiger partial charge is 0.399 e. The van der Waals surface area contributed by atoms with Gasteiger partial charge in [0.05, 0.1) is 0 Å². The summed E-state index contributed by atoms with van der Waals surface area (Å²) in [5, 5.41) is 8.48. The fraction of sp³-hybridized carbons (Fsp3) is 0.0909. The molecule has 1 N–H and O–H groups in total. The van der Waals surface area contributed by atoms with Crippen molar-refractivity contribution in [3.05, 3.63) is 48.5 Å². The molecule has 2 rings (SSSR count). The lowest BCUT2D eigenvalue weighted by Gasteiger charge is -2.13. The first kappa shape index (κ1) is 11.3. The van der Waals surface area contributed by atoms with Crippen LogP contribution in [0.3, 0.4) is 0 Å². The van der Waals surface area contributed by atoms with Crippen LogP contribution in [-0.2, 0) is 10.7 Å². The number of halogens is 2. The lowest BCUT2D eigenvalue weighted by atomic mass is 10.3. The van der Waals surface area contributed by atoms with Crippen molar-refractivity contribution in [2.45, 2.75) is 5.92 Å². The summed E-state index contributed by atoms with van der Waals surface area (Å²) in [6.45, 7) is 0. The van der Waals surface area contributed by atoms with Gasteiger partial charge in [0.2, 0.25) is 0 Å². The molecule has 0 atom stereocenters. The molecule has 88 valence electrons. The van der Waals surface area contributed by atoms with Crippen LogP contribution < -0.4 is 0 Å². The summed E-state index contributed by atoms with van der Waals surface area (Å²) in [4.78, 5) is 13.9. The molecule has 0 saturated heterocycles. The summed E-state index contributed by atoms with van der Waals surface area (Å²) < 4.78 is 27.8. The number of carbonyl (C=O) groups is 1. The second kappa shape index (κ2) is 3.97. The number of carboxylic acid groups (broad SMARTS) is 1. The van der Waals surface area contributed by atoms with E-state index in [1.165, 1.54) is 6.20 Å². The van der Waals surface area contributed by atoms with E-state index in [1.54, 1.807) is 30.3 Å². The van der Waals surface area contributed by atoms with Crippen LogP contribution in [0.25, 0.3) is 5.69 Å². The minimum atomic E-state index is -4.01. The number of imidazole rings is 1. The van der Waals surface area contributed by atoms with Crippen molar-refractivity contribution in [2.24, 2.45) is 0 Å². The second-order valence-corrected chi connectivity index (χ2v) is 3.34. The molecule has 0 unspecified atom stereocenters. The lowest BCUT2D eigenvalue weighted by molar-refractivity contribution is -0.167. The van der Waals surface area contributed by atoms with Gasteiger partial charge in [0.1, 0.15) is 0 Å². The minimum absolute atomic E-state index is 0.431. The van der Waals surface area contributed by atoms with Crippen LogP contribution in [0.15, 0.2) is 42.7 Å². The number of aromatic nitrogens is 2. The highest BCUT2D eigenvalue weighted by Gasteiger charge is 2.45. The second-order valence-electron chi connectivity index (χ2n) is 3.34. The van der Waals surface area contributed by atoms with Crippen LogP contribution in [0.4, 0.5) is 8.78 Å². The van der Waals surface area contributed by atoms with E-state index in [1.807, 2.05) is 0 Å². The van der Waals surface area contributed by atoms with E-state index in [0.717, 1.165) is 10.8 Å². The number of rotatable bonds is 3. The van der Waals surface area contributed by atoms with Crippen molar-refractivity contribution >= 4 is 5.97 Å². The van der Waals surface area contributed by atoms with E-state index in [0.29, 0.717) is 5.69 Å². The minimum Gasteiger partial charge on any atom is -0.476 e. The summed E-state index contributed by atoms with van der Waals surface area (Å²) >= 11 is 0. The molecule has 1 heterocycles. The van der Waals surface area contributed by atoms with Gasteiger partial charge in [-0.15, -0.1) is 0 Å². The molecular formula is C11H8F2N2O2. The topological polar surface area (TPSA) is 55.1 Å². The maximum atomic E-state index is 13.4. The number of para-hydroxylation sites is 1. The molecule has 0 fully saturated rings. The van der Waals surface area contributed by atoms with Gasteiger partial charge >= 0.3 is 11.9 Å². The van der Waals surface area contributed by atoms with E-state index in [-0.39, 0.29) is 0 Å². The maximum Gasteiger partial charge on any atom is 0.399 e. The van der Waals surface area contributed by atoms with Gasteiger partial charge in [0, 0.05) is 18.1 Å². The summed E-state index contributed by atoms with van der Waals surface area (Å²) in [5.41, 5.74) is 0.431. The predicted octanol–water partition coefficient (Wildman–Crippen LogP) is 2.05. The Bertz CT molecular complexity index is 537.